The van der Waals surface area contributed by atoms with Crippen LogP contribution in [0, 0.1) is 5.41 Å². The van der Waals surface area contributed by atoms with Crippen LogP contribution in [-0.4, -0.2) is 36.2 Å². The maximum Gasteiger partial charge on any atom is 0.347 e. The molecule has 0 aliphatic carbocycles. The van der Waals surface area contributed by atoms with Gasteiger partial charge in [0.25, 0.3) is 0 Å². The number of ether oxygens (including phenoxy) is 3. The first-order valence-electron chi connectivity index (χ1n) is 6.35. The van der Waals surface area contributed by atoms with Crippen LogP contribution in [0.4, 0.5) is 0 Å². The molecule has 20 heavy (non-hydrogen) atoms. The number of carbonyl (C=O) groups excluding carboxylic acids is 3. The van der Waals surface area contributed by atoms with E-state index in [0.29, 0.717) is 6.42 Å². The monoisotopic (exact) mass is 284 g/mol. The van der Waals surface area contributed by atoms with E-state index in [0.717, 1.165) is 6.08 Å². The minimum absolute atomic E-state index is 0.242. The highest BCUT2D eigenvalue weighted by Crippen LogP contribution is 2.36. The van der Waals surface area contributed by atoms with Gasteiger partial charge in [-0.3, -0.25) is 4.79 Å². The third kappa shape index (κ3) is 3.18. The zero-order valence-corrected chi connectivity index (χ0v) is 12.2. The second-order valence-electron chi connectivity index (χ2n) is 5.61. The Kier molecular flexibility index (Phi) is 4.57. The first kappa shape index (κ1) is 16.2. The zero-order chi connectivity index (χ0) is 15.6. The molecule has 112 valence electrons. The molecule has 1 fully saturated rings. The summed E-state index contributed by atoms with van der Waals surface area (Å²) in [6.45, 7) is 9.93. The van der Waals surface area contributed by atoms with Gasteiger partial charge in [0.2, 0.25) is 6.10 Å². The van der Waals surface area contributed by atoms with E-state index in [1.54, 1.807) is 27.7 Å². The van der Waals surface area contributed by atoms with Crippen LogP contribution in [0.1, 0.15) is 34.1 Å². The van der Waals surface area contributed by atoms with E-state index in [1.807, 2.05) is 0 Å². The number of rotatable bonds is 5. The van der Waals surface area contributed by atoms with E-state index in [-0.39, 0.29) is 6.61 Å². The molecule has 1 atom stereocenters. The molecule has 0 saturated carbocycles. The van der Waals surface area contributed by atoms with E-state index in [2.05, 4.69) is 6.58 Å². The molecular formula is C14H20O6. The molecule has 0 N–H and O–H groups in total. The van der Waals surface area contributed by atoms with Gasteiger partial charge in [0.15, 0.2) is 0 Å². The molecule has 0 aromatic heterocycles. The van der Waals surface area contributed by atoms with Gasteiger partial charge in [-0.25, -0.2) is 9.59 Å². The second kappa shape index (κ2) is 5.64. The summed E-state index contributed by atoms with van der Waals surface area (Å²) in [5.74, 6) is -1.80. The predicted octanol–water partition coefficient (Wildman–Crippen LogP) is 1.38. The Labute approximate surface area is 118 Å². The lowest BCUT2D eigenvalue weighted by Gasteiger charge is -2.38. The molecular weight excluding hydrogens is 264 g/mol. The smallest absolute Gasteiger partial charge is 0.347 e. The van der Waals surface area contributed by atoms with Crippen molar-refractivity contribution in [2.75, 3.05) is 6.61 Å². The first-order chi connectivity index (χ1) is 9.11. The quantitative estimate of drug-likeness (QED) is 0.431. The molecule has 6 nitrogen and oxygen atoms in total. The Hall–Kier alpha value is -1.85. The topological polar surface area (TPSA) is 78.9 Å². The highest BCUT2D eigenvalue weighted by Gasteiger charge is 2.49. The lowest BCUT2D eigenvalue weighted by molar-refractivity contribution is -0.186. The molecule has 0 aromatic rings. The summed E-state index contributed by atoms with van der Waals surface area (Å²) in [4.78, 5) is 34.9. The van der Waals surface area contributed by atoms with Crippen LogP contribution in [0.15, 0.2) is 12.7 Å². The van der Waals surface area contributed by atoms with Crippen molar-refractivity contribution in [1.29, 1.82) is 0 Å². The summed E-state index contributed by atoms with van der Waals surface area (Å²) < 4.78 is 15.1. The molecule has 0 bridgehead atoms. The minimum atomic E-state index is -1.13. The van der Waals surface area contributed by atoms with Crippen LogP contribution in [0.2, 0.25) is 0 Å². The highest BCUT2D eigenvalue weighted by atomic mass is 16.6. The molecule has 1 heterocycles. The summed E-state index contributed by atoms with van der Waals surface area (Å²) >= 11 is 0. The summed E-state index contributed by atoms with van der Waals surface area (Å²) in [7, 11) is 0. The van der Waals surface area contributed by atoms with E-state index in [1.165, 1.54) is 0 Å². The van der Waals surface area contributed by atoms with E-state index in [9.17, 15) is 14.4 Å². The Morgan fingerprint density at radius 1 is 1.35 bits per heavy atom. The summed E-state index contributed by atoms with van der Waals surface area (Å²) in [5.41, 5.74) is -2.24. The van der Waals surface area contributed by atoms with Gasteiger partial charge in [-0.2, -0.15) is 0 Å². The van der Waals surface area contributed by atoms with Crippen molar-refractivity contribution in [1.82, 2.24) is 0 Å². The number of carbonyl (C=O) groups is 3. The highest BCUT2D eigenvalue weighted by molar-refractivity contribution is 5.85. The maximum atomic E-state index is 12.2. The fourth-order valence-corrected chi connectivity index (χ4v) is 1.53. The van der Waals surface area contributed by atoms with E-state index < -0.39 is 35.0 Å². The van der Waals surface area contributed by atoms with Gasteiger partial charge in [-0.15, -0.1) is 0 Å². The molecule has 0 aromatic carbocycles. The van der Waals surface area contributed by atoms with Crippen LogP contribution in [-0.2, 0) is 28.6 Å². The first-order valence-corrected chi connectivity index (χ1v) is 6.35. The summed E-state index contributed by atoms with van der Waals surface area (Å²) in [6.07, 6.45) is 0.484. The van der Waals surface area contributed by atoms with Crippen LogP contribution in [0.5, 0.6) is 0 Å². The minimum Gasteiger partial charge on any atom is -0.463 e. The Bertz CT molecular complexity index is 435. The van der Waals surface area contributed by atoms with Crippen molar-refractivity contribution in [3.8, 4) is 0 Å². The molecule has 0 spiro atoms. The van der Waals surface area contributed by atoms with Crippen molar-refractivity contribution in [3.63, 3.8) is 0 Å². The van der Waals surface area contributed by atoms with Crippen molar-refractivity contribution >= 4 is 17.9 Å². The largest absolute Gasteiger partial charge is 0.463 e. The lowest BCUT2D eigenvalue weighted by Crippen LogP contribution is -2.49. The Morgan fingerprint density at radius 2 is 1.95 bits per heavy atom. The van der Waals surface area contributed by atoms with Gasteiger partial charge in [-0.05, 0) is 27.7 Å². The number of cyclic esters (lactones) is 1. The lowest BCUT2D eigenvalue weighted by atomic mass is 9.77. The molecule has 1 rings (SSSR count). The average molecular weight is 284 g/mol. The van der Waals surface area contributed by atoms with Gasteiger partial charge >= 0.3 is 17.9 Å². The van der Waals surface area contributed by atoms with Crippen molar-refractivity contribution in [2.24, 2.45) is 5.41 Å². The fourth-order valence-electron chi connectivity index (χ4n) is 1.53. The maximum absolute atomic E-state index is 12.2. The third-order valence-electron chi connectivity index (χ3n) is 3.67. The molecule has 0 amide bonds. The average Bonchev–Trinajstić information content (AvgIpc) is 2.74. The van der Waals surface area contributed by atoms with Crippen molar-refractivity contribution in [2.45, 2.75) is 45.8 Å². The van der Waals surface area contributed by atoms with Gasteiger partial charge in [-0.1, -0.05) is 6.58 Å². The van der Waals surface area contributed by atoms with Crippen LogP contribution >= 0.6 is 0 Å². The predicted molar refractivity (Wildman–Crippen MR) is 69.6 cm³/mol. The number of hydrogen-bond acceptors (Lipinski definition) is 6. The van der Waals surface area contributed by atoms with Crippen LogP contribution < -0.4 is 0 Å². The van der Waals surface area contributed by atoms with Crippen LogP contribution in [0.25, 0.3) is 0 Å². The van der Waals surface area contributed by atoms with E-state index in [4.69, 9.17) is 14.2 Å². The SMILES string of the molecule is C=CC(=O)OC(C)(C)C(C)(C)C(=O)OC1CCOC1=O. The van der Waals surface area contributed by atoms with Gasteiger partial charge in [0.05, 0.1) is 6.61 Å². The normalized spacial score (nSPS) is 19.2. The molecule has 1 aliphatic heterocycles. The second-order valence-corrected chi connectivity index (χ2v) is 5.61. The van der Waals surface area contributed by atoms with Gasteiger partial charge < -0.3 is 14.2 Å². The summed E-state index contributed by atoms with van der Waals surface area (Å²) in [5, 5.41) is 0. The fraction of sp³-hybridized carbons (Fsp3) is 0.643. The molecule has 1 aliphatic rings. The Morgan fingerprint density at radius 3 is 2.40 bits per heavy atom. The van der Waals surface area contributed by atoms with Crippen molar-refractivity contribution in [3.05, 3.63) is 12.7 Å². The number of hydrogen-bond donors (Lipinski definition) is 0. The van der Waals surface area contributed by atoms with Crippen LogP contribution in [0.3, 0.4) is 0 Å². The molecule has 0 radical (unpaired) electrons. The van der Waals surface area contributed by atoms with Gasteiger partial charge in [0.1, 0.15) is 11.0 Å². The van der Waals surface area contributed by atoms with Gasteiger partial charge in [0, 0.05) is 12.5 Å². The molecule has 6 heteroatoms. The number of esters is 3. The third-order valence-corrected chi connectivity index (χ3v) is 3.67. The van der Waals surface area contributed by atoms with E-state index >= 15 is 0 Å². The molecule has 1 saturated heterocycles. The summed E-state index contributed by atoms with van der Waals surface area (Å²) in [6, 6.07) is 0. The zero-order valence-electron chi connectivity index (χ0n) is 12.2. The standard InChI is InChI=1S/C14H20O6/c1-6-10(15)20-14(4,5)13(2,3)12(17)19-9-7-8-18-11(9)16/h6,9H,1,7-8H2,2-5H3. The Balaban J connectivity index is 2.79. The molecule has 1 unspecified atom stereocenters. The van der Waals surface area contributed by atoms with Crippen molar-refractivity contribution < 1.29 is 28.6 Å².